The summed E-state index contributed by atoms with van der Waals surface area (Å²) >= 11 is 0. The molecule has 3 aromatic carbocycles. The molecule has 0 saturated heterocycles. The maximum absolute atomic E-state index is 13.0. The van der Waals surface area contributed by atoms with E-state index in [1.54, 1.807) is 42.5 Å². The van der Waals surface area contributed by atoms with Crippen LogP contribution >= 0.6 is 0 Å². The van der Waals surface area contributed by atoms with Crippen LogP contribution in [0.15, 0.2) is 100 Å². The van der Waals surface area contributed by atoms with Gasteiger partial charge in [-0.1, -0.05) is 72.8 Å². The third kappa shape index (κ3) is 3.62. The first-order valence-corrected chi connectivity index (χ1v) is 8.78. The quantitative estimate of drug-likeness (QED) is 0.372. The van der Waals surface area contributed by atoms with Crippen LogP contribution in [0.5, 0.6) is 5.75 Å². The van der Waals surface area contributed by atoms with Crippen LogP contribution in [0, 0.1) is 0 Å². The van der Waals surface area contributed by atoms with Crippen LogP contribution in [0.2, 0.25) is 0 Å². The Morgan fingerprint density at radius 2 is 1.46 bits per heavy atom. The molecule has 136 valence electrons. The van der Waals surface area contributed by atoms with Gasteiger partial charge in [0.05, 0.1) is 5.39 Å². The highest BCUT2D eigenvalue weighted by atomic mass is 16.5. The van der Waals surface area contributed by atoms with Gasteiger partial charge in [-0.3, -0.25) is 4.79 Å². The predicted molar refractivity (Wildman–Crippen MR) is 109 cm³/mol. The van der Waals surface area contributed by atoms with Gasteiger partial charge < -0.3 is 9.15 Å². The number of benzene rings is 3. The Hall–Kier alpha value is -3.92. The number of rotatable bonds is 4. The highest BCUT2D eigenvalue weighted by molar-refractivity contribution is 5.91. The van der Waals surface area contributed by atoms with Crippen LogP contribution in [0.3, 0.4) is 0 Å². The first-order chi connectivity index (χ1) is 13.7. The van der Waals surface area contributed by atoms with Gasteiger partial charge in [0.2, 0.25) is 11.2 Å². The van der Waals surface area contributed by atoms with Gasteiger partial charge in [0, 0.05) is 11.6 Å². The summed E-state index contributed by atoms with van der Waals surface area (Å²) in [6.45, 7) is 0. The Morgan fingerprint density at radius 3 is 2.21 bits per heavy atom. The van der Waals surface area contributed by atoms with Crippen molar-refractivity contribution < 1.29 is 13.9 Å². The van der Waals surface area contributed by atoms with Gasteiger partial charge >= 0.3 is 5.97 Å². The molecule has 1 aromatic heterocycles. The molecule has 0 N–H and O–H groups in total. The molecule has 0 atom stereocenters. The van der Waals surface area contributed by atoms with Gasteiger partial charge in [-0.05, 0) is 23.8 Å². The fourth-order valence-electron chi connectivity index (χ4n) is 2.86. The van der Waals surface area contributed by atoms with Gasteiger partial charge in [-0.2, -0.15) is 0 Å². The first kappa shape index (κ1) is 17.5. The topological polar surface area (TPSA) is 56.5 Å². The van der Waals surface area contributed by atoms with Gasteiger partial charge in [0.15, 0.2) is 5.76 Å². The minimum absolute atomic E-state index is 0.118. The number of carbonyl (C=O) groups excluding carboxylic acids is 1. The molecule has 0 fully saturated rings. The molecule has 4 aromatic rings. The summed E-state index contributed by atoms with van der Waals surface area (Å²) in [4.78, 5) is 25.3. The van der Waals surface area contributed by atoms with Crippen LogP contribution < -0.4 is 10.2 Å². The lowest BCUT2D eigenvalue weighted by molar-refractivity contribution is -0.129. The van der Waals surface area contributed by atoms with E-state index in [1.165, 1.54) is 6.08 Å². The molecule has 4 rings (SSSR count). The van der Waals surface area contributed by atoms with E-state index in [-0.39, 0.29) is 16.9 Å². The van der Waals surface area contributed by atoms with E-state index >= 15 is 0 Å². The molecule has 1 heterocycles. The summed E-state index contributed by atoms with van der Waals surface area (Å²) < 4.78 is 11.4. The minimum Gasteiger partial charge on any atom is -0.452 e. The molecule has 28 heavy (non-hydrogen) atoms. The zero-order valence-corrected chi connectivity index (χ0v) is 14.9. The van der Waals surface area contributed by atoms with E-state index in [0.717, 1.165) is 5.56 Å². The van der Waals surface area contributed by atoms with Crippen LogP contribution in [0.25, 0.3) is 28.4 Å². The summed E-state index contributed by atoms with van der Waals surface area (Å²) in [5.74, 6) is -0.540. The number of para-hydroxylation sites is 1. The predicted octanol–water partition coefficient (Wildman–Crippen LogP) is 5.08. The maximum Gasteiger partial charge on any atom is 0.336 e. The monoisotopic (exact) mass is 368 g/mol. The van der Waals surface area contributed by atoms with E-state index in [4.69, 9.17) is 9.15 Å². The van der Waals surface area contributed by atoms with Crippen molar-refractivity contribution >= 4 is 23.0 Å². The van der Waals surface area contributed by atoms with Crippen LogP contribution in [0.4, 0.5) is 0 Å². The van der Waals surface area contributed by atoms with E-state index < -0.39 is 5.97 Å². The summed E-state index contributed by atoms with van der Waals surface area (Å²) in [5, 5.41) is 0.358. The minimum atomic E-state index is -0.649. The van der Waals surface area contributed by atoms with E-state index in [0.29, 0.717) is 16.5 Å². The molecule has 0 unspecified atom stereocenters. The van der Waals surface area contributed by atoms with Crippen molar-refractivity contribution in [1.82, 2.24) is 0 Å². The molecule has 0 aliphatic heterocycles. The smallest absolute Gasteiger partial charge is 0.336 e. The third-order valence-corrected chi connectivity index (χ3v) is 4.21. The van der Waals surface area contributed by atoms with Crippen molar-refractivity contribution in [3.63, 3.8) is 0 Å². The molecule has 4 nitrogen and oxygen atoms in total. The molecule has 0 aliphatic carbocycles. The van der Waals surface area contributed by atoms with Crippen molar-refractivity contribution in [2.75, 3.05) is 0 Å². The second-order valence-electron chi connectivity index (χ2n) is 6.12. The molecule has 0 saturated carbocycles. The molecule has 0 radical (unpaired) electrons. The molecule has 0 aliphatic rings. The Bertz CT molecular complexity index is 1210. The number of ether oxygens (including phenoxy) is 1. The highest BCUT2D eigenvalue weighted by Gasteiger charge is 2.19. The van der Waals surface area contributed by atoms with Crippen LogP contribution in [-0.2, 0) is 4.79 Å². The standard InChI is InChI=1S/C24H16O4/c25-21(16-15-17-9-3-1-4-10-17)28-24-22(26)19-13-7-8-14-20(19)27-23(24)18-11-5-2-6-12-18/h1-16H/b16-15+. The fraction of sp³-hybridized carbons (Fsp3) is 0. The van der Waals surface area contributed by atoms with Gasteiger partial charge in [0.1, 0.15) is 5.58 Å². The van der Waals surface area contributed by atoms with Gasteiger partial charge in [0.25, 0.3) is 0 Å². The van der Waals surface area contributed by atoms with Gasteiger partial charge in [-0.15, -0.1) is 0 Å². The number of hydrogen-bond acceptors (Lipinski definition) is 4. The Balaban J connectivity index is 1.77. The Kier molecular flexibility index (Phi) is 4.85. The number of hydrogen-bond donors (Lipinski definition) is 0. The SMILES string of the molecule is O=C(/C=C/c1ccccc1)Oc1c(-c2ccccc2)oc2ccccc2c1=O. The lowest BCUT2D eigenvalue weighted by Gasteiger charge is -2.09. The molecule has 0 bridgehead atoms. The molecule has 0 amide bonds. The normalized spacial score (nSPS) is 11.0. The summed E-state index contributed by atoms with van der Waals surface area (Å²) in [6.07, 6.45) is 2.92. The van der Waals surface area contributed by atoms with E-state index in [1.807, 2.05) is 48.5 Å². The summed E-state index contributed by atoms with van der Waals surface area (Å²) in [7, 11) is 0. The number of fused-ring (bicyclic) bond motifs is 1. The van der Waals surface area contributed by atoms with Crippen LogP contribution in [0.1, 0.15) is 5.56 Å². The molecule has 4 heteroatoms. The second kappa shape index (κ2) is 7.76. The average molecular weight is 368 g/mol. The lowest BCUT2D eigenvalue weighted by Crippen LogP contribution is -2.14. The van der Waals surface area contributed by atoms with E-state index in [2.05, 4.69) is 0 Å². The van der Waals surface area contributed by atoms with E-state index in [9.17, 15) is 9.59 Å². The fourth-order valence-corrected chi connectivity index (χ4v) is 2.86. The summed E-state index contributed by atoms with van der Waals surface area (Å²) in [5.41, 5.74) is 1.56. The average Bonchev–Trinajstić information content (AvgIpc) is 2.75. The largest absolute Gasteiger partial charge is 0.452 e. The maximum atomic E-state index is 13.0. The van der Waals surface area contributed by atoms with Crippen molar-refractivity contribution in [2.45, 2.75) is 0 Å². The zero-order chi connectivity index (χ0) is 19.3. The Labute approximate surface area is 161 Å². The van der Waals surface area contributed by atoms with Crippen molar-refractivity contribution in [1.29, 1.82) is 0 Å². The molecule has 0 spiro atoms. The first-order valence-electron chi connectivity index (χ1n) is 8.78. The number of esters is 1. The zero-order valence-electron chi connectivity index (χ0n) is 14.9. The second-order valence-corrected chi connectivity index (χ2v) is 6.12. The molecular weight excluding hydrogens is 352 g/mol. The number of carbonyl (C=O) groups is 1. The summed E-state index contributed by atoms with van der Waals surface area (Å²) in [6, 6.07) is 25.3. The van der Waals surface area contributed by atoms with Crippen molar-refractivity contribution in [3.8, 4) is 17.1 Å². The van der Waals surface area contributed by atoms with Gasteiger partial charge in [-0.25, -0.2) is 4.79 Å². The van der Waals surface area contributed by atoms with Crippen LogP contribution in [-0.4, -0.2) is 5.97 Å². The highest BCUT2D eigenvalue weighted by Crippen LogP contribution is 2.30. The third-order valence-electron chi connectivity index (χ3n) is 4.21. The lowest BCUT2D eigenvalue weighted by atomic mass is 10.1. The Morgan fingerprint density at radius 1 is 0.821 bits per heavy atom. The van der Waals surface area contributed by atoms with Crippen molar-refractivity contribution in [2.24, 2.45) is 0 Å². The molecular formula is C24H16O4. The van der Waals surface area contributed by atoms with Crippen molar-refractivity contribution in [3.05, 3.63) is 107 Å².